The zero-order valence-corrected chi connectivity index (χ0v) is 8.57. The SMILES string of the molecule is C=CCN1CCc2cccc(N)c2C1=O. The first kappa shape index (κ1) is 9.77. The van der Waals surface area contributed by atoms with Crippen molar-refractivity contribution < 1.29 is 4.79 Å². The van der Waals surface area contributed by atoms with Gasteiger partial charge in [-0.15, -0.1) is 6.58 Å². The maximum atomic E-state index is 12.0. The van der Waals surface area contributed by atoms with Crippen molar-refractivity contribution in [3.63, 3.8) is 0 Å². The van der Waals surface area contributed by atoms with Crippen molar-refractivity contribution in [3.05, 3.63) is 42.0 Å². The molecule has 2 rings (SSSR count). The summed E-state index contributed by atoms with van der Waals surface area (Å²) in [5.41, 5.74) is 8.12. The van der Waals surface area contributed by atoms with Gasteiger partial charge in [0.25, 0.3) is 5.91 Å². The standard InChI is InChI=1S/C12H14N2O/c1-2-7-14-8-6-9-4-3-5-10(13)11(9)12(14)15/h2-5H,1,6-8,13H2. The third-order valence-electron chi connectivity index (χ3n) is 2.68. The van der Waals surface area contributed by atoms with Crippen LogP contribution in [-0.4, -0.2) is 23.9 Å². The van der Waals surface area contributed by atoms with Crippen molar-refractivity contribution in [1.29, 1.82) is 0 Å². The van der Waals surface area contributed by atoms with Crippen LogP contribution in [0, 0.1) is 0 Å². The van der Waals surface area contributed by atoms with E-state index in [1.807, 2.05) is 12.1 Å². The minimum Gasteiger partial charge on any atom is -0.398 e. The van der Waals surface area contributed by atoms with Crippen LogP contribution < -0.4 is 5.73 Å². The second kappa shape index (κ2) is 3.77. The molecule has 1 aromatic rings. The van der Waals surface area contributed by atoms with Gasteiger partial charge in [-0.2, -0.15) is 0 Å². The monoisotopic (exact) mass is 202 g/mol. The van der Waals surface area contributed by atoms with Gasteiger partial charge in [0.2, 0.25) is 0 Å². The van der Waals surface area contributed by atoms with Gasteiger partial charge < -0.3 is 10.6 Å². The predicted molar refractivity (Wildman–Crippen MR) is 60.7 cm³/mol. The van der Waals surface area contributed by atoms with Crippen LogP contribution >= 0.6 is 0 Å². The Bertz CT molecular complexity index is 412. The molecule has 0 aliphatic carbocycles. The lowest BCUT2D eigenvalue weighted by Gasteiger charge is -2.28. The molecule has 2 N–H and O–H groups in total. The number of rotatable bonds is 2. The normalized spacial score (nSPS) is 14.9. The topological polar surface area (TPSA) is 46.3 Å². The lowest BCUT2D eigenvalue weighted by Crippen LogP contribution is -2.38. The Balaban J connectivity index is 2.40. The van der Waals surface area contributed by atoms with Crippen LogP contribution in [0.1, 0.15) is 15.9 Å². The van der Waals surface area contributed by atoms with Crippen LogP contribution in [0.4, 0.5) is 5.69 Å². The zero-order valence-electron chi connectivity index (χ0n) is 8.57. The summed E-state index contributed by atoms with van der Waals surface area (Å²) in [4.78, 5) is 13.8. The highest BCUT2D eigenvalue weighted by Gasteiger charge is 2.24. The molecule has 0 spiro atoms. The fourth-order valence-electron chi connectivity index (χ4n) is 1.93. The number of amides is 1. The molecule has 0 fully saturated rings. The van der Waals surface area contributed by atoms with Crippen LogP contribution in [0.15, 0.2) is 30.9 Å². The number of nitrogen functional groups attached to an aromatic ring is 1. The molecular weight excluding hydrogens is 188 g/mol. The molecule has 3 nitrogen and oxygen atoms in total. The number of anilines is 1. The van der Waals surface area contributed by atoms with Gasteiger partial charge >= 0.3 is 0 Å². The van der Waals surface area contributed by atoms with Crippen molar-refractivity contribution in [1.82, 2.24) is 4.90 Å². The van der Waals surface area contributed by atoms with Gasteiger partial charge in [0.05, 0.1) is 5.56 Å². The van der Waals surface area contributed by atoms with Crippen molar-refractivity contribution in [2.75, 3.05) is 18.8 Å². The van der Waals surface area contributed by atoms with Gasteiger partial charge in [0.1, 0.15) is 0 Å². The van der Waals surface area contributed by atoms with Crippen LogP contribution in [0.3, 0.4) is 0 Å². The van der Waals surface area contributed by atoms with Crippen LogP contribution in [0.5, 0.6) is 0 Å². The van der Waals surface area contributed by atoms with E-state index in [9.17, 15) is 4.79 Å². The molecule has 1 aromatic carbocycles. The molecule has 1 aliphatic heterocycles. The molecule has 1 amide bonds. The van der Waals surface area contributed by atoms with Gasteiger partial charge in [-0.3, -0.25) is 4.79 Å². The quantitative estimate of drug-likeness (QED) is 0.583. The summed E-state index contributed by atoms with van der Waals surface area (Å²) in [5, 5.41) is 0. The van der Waals surface area contributed by atoms with E-state index >= 15 is 0 Å². The number of benzene rings is 1. The van der Waals surface area contributed by atoms with Crippen molar-refractivity contribution in [2.45, 2.75) is 6.42 Å². The summed E-state index contributed by atoms with van der Waals surface area (Å²) in [7, 11) is 0. The molecule has 0 unspecified atom stereocenters. The van der Waals surface area contributed by atoms with Crippen LogP contribution in [0.2, 0.25) is 0 Å². The van der Waals surface area contributed by atoms with Gasteiger partial charge in [0.15, 0.2) is 0 Å². The average molecular weight is 202 g/mol. The Kier molecular flexibility index (Phi) is 2.46. The number of carbonyl (C=O) groups is 1. The van der Waals surface area contributed by atoms with E-state index in [-0.39, 0.29) is 5.91 Å². The number of fused-ring (bicyclic) bond motifs is 1. The molecule has 0 aromatic heterocycles. The Labute approximate surface area is 89.2 Å². The van der Waals surface area contributed by atoms with Gasteiger partial charge in [-0.1, -0.05) is 18.2 Å². The molecule has 1 aliphatic rings. The Morgan fingerprint density at radius 2 is 2.33 bits per heavy atom. The first-order chi connectivity index (χ1) is 7.24. The minimum absolute atomic E-state index is 0.0225. The number of carbonyl (C=O) groups excluding carboxylic acids is 1. The van der Waals surface area contributed by atoms with E-state index in [4.69, 9.17) is 5.73 Å². The van der Waals surface area contributed by atoms with Crippen molar-refractivity contribution in [3.8, 4) is 0 Å². The maximum Gasteiger partial charge on any atom is 0.256 e. The molecule has 1 heterocycles. The molecule has 15 heavy (non-hydrogen) atoms. The zero-order chi connectivity index (χ0) is 10.8. The molecule has 0 radical (unpaired) electrons. The van der Waals surface area contributed by atoms with Crippen LogP contribution in [0.25, 0.3) is 0 Å². The molecule has 0 atom stereocenters. The minimum atomic E-state index is 0.0225. The highest BCUT2D eigenvalue weighted by atomic mass is 16.2. The summed E-state index contributed by atoms with van der Waals surface area (Å²) in [6.45, 7) is 4.98. The molecule has 0 saturated carbocycles. The number of hydrogen-bond donors (Lipinski definition) is 1. The largest absolute Gasteiger partial charge is 0.398 e. The summed E-state index contributed by atoms with van der Waals surface area (Å²) < 4.78 is 0. The number of nitrogens with zero attached hydrogens (tertiary/aromatic N) is 1. The lowest BCUT2D eigenvalue weighted by molar-refractivity contribution is 0.0760. The third kappa shape index (κ3) is 1.61. The Morgan fingerprint density at radius 1 is 1.53 bits per heavy atom. The van der Waals surface area contributed by atoms with Crippen molar-refractivity contribution in [2.24, 2.45) is 0 Å². The smallest absolute Gasteiger partial charge is 0.256 e. The van der Waals surface area contributed by atoms with E-state index in [0.717, 1.165) is 18.5 Å². The van der Waals surface area contributed by atoms with E-state index in [1.54, 1.807) is 17.0 Å². The van der Waals surface area contributed by atoms with E-state index in [0.29, 0.717) is 17.8 Å². The van der Waals surface area contributed by atoms with E-state index in [1.165, 1.54) is 0 Å². The maximum absolute atomic E-state index is 12.0. The van der Waals surface area contributed by atoms with Crippen molar-refractivity contribution >= 4 is 11.6 Å². The summed E-state index contributed by atoms with van der Waals surface area (Å²) in [6, 6.07) is 5.63. The summed E-state index contributed by atoms with van der Waals surface area (Å²) >= 11 is 0. The molecule has 0 bridgehead atoms. The average Bonchev–Trinajstić information content (AvgIpc) is 2.22. The molecular formula is C12H14N2O. The fraction of sp³-hybridized carbons (Fsp3) is 0.250. The molecule has 78 valence electrons. The predicted octanol–water partition coefficient (Wildman–Crippen LogP) is 1.45. The Hall–Kier alpha value is -1.77. The highest BCUT2D eigenvalue weighted by molar-refractivity contribution is 6.01. The first-order valence-electron chi connectivity index (χ1n) is 5.01. The van der Waals surface area contributed by atoms with Gasteiger partial charge in [-0.05, 0) is 18.1 Å². The van der Waals surface area contributed by atoms with E-state index in [2.05, 4.69) is 6.58 Å². The van der Waals surface area contributed by atoms with Gasteiger partial charge in [-0.25, -0.2) is 0 Å². The molecule has 0 saturated heterocycles. The highest BCUT2D eigenvalue weighted by Crippen LogP contribution is 2.23. The lowest BCUT2D eigenvalue weighted by atomic mass is 9.97. The third-order valence-corrected chi connectivity index (χ3v) is 2.68. The van der Waals surface area contributed by atoms with E-state index < -0.39 is 0 Å². The summed E-state index contributed by atoms with van der Waals surface area (Å²) in [5.74, 6) is 0.0225. The van der Waals surface area contributed by atoms with Gasteiger partial charge in [0, 0.05) is 18.8 Å². The molecule has 3 heteroatoms. The van der Waals surface area contributed by atoms with Crippen LogP contribution in [-0.2, 0) is 6.42 Å². The Morgan fingerprint density at radius 3 is 3.07 bits per heavy atom. The number of hydrogen-bond acceptors (Lipinski definition) is 2. The fourth-order valence-corrected chi connectivity index (χ4v) is 1.93. The second-order valence-electron chi connectivity index (χ2n) is 3.67. The number of nitrogens with two attached hydrogens (primary N) is 1. The first-order valence-corrected chi connectivity index (χ1v) is 5.01. The second-order valence-corrected chi connectivity index (χ2v) is 3.67. The summed E-state index contributed by atoms with van der Waals surface area (Å²) in [6.07, 6.45) is 2.61.